The molecule has 14 heavy (non-hydrogen) atoms. The molecule has 82 valence electrons. The third-order valence-electron chi connectivity index (χ3n) is 2.97. The maximum Gasteiger partial charge on any atom is 0.237 e. The van der Waals surface area contributed by atoms with Gasteiger partial charge < -0.3 is 10.6 Å². The summed E-state index contributed by atoms with van der Waals surface area (Å²) in [4.78, 5) is 11.6. The van der Waals surface area contributed by atoms with E-state index < -0.39 is 0 Å². The minimum Gasteiger partial charge on any atom is -0.352 e. The van der Waals surface area contributed by atoms with E-state index in [-0.39, 0.29) is 18.0 Å². The summed E-state index contributed by atoms with van der Waals surface area (Å²) >= 11 is 0. The summed E-state index contributed by atoms with van der Waals surface area (Å²) in [6.45, 7) is 8.25. The maximum atomic E-state index is 11.6. The highest BCUT2D eigenvalue weighted by Gasteiger charge is 2.34. The molecule has 1 aliphatic carbocycles. The van der Waals surface area contributed by atoms with Gasteiger partial charge in [-0.25, -0.2) is 0 Å². The Hall–Kier alpha value is -0.570. The van der Waals surface area contributed by atoms with Crippen LogP contribution in [0.25, 0.3) is 0 Å². The van der Waals surface area contributed by atoms with Gasteiger partial charge in [-0.15, -0.1) is 0 Å². The van der Waals surface area contributed by atoms with E-state index in [1.54, 1.807) is 0 Å². The number of nitrogens with one attached hydrogen (secondary N) is 2. The Bertz CT molecular complexity index is 205. The fraction of sp³-hybridized carbons (Fsp3) is 0.909. The predicted octanol–water partition coefficient (Wildman–Crippen LogP) is 1.29. The number of carbonyl (C=O) groups excluding carboxylic acids is 1. The van der Waals surface area contributed by atoms with Crippen LogP contribution in [0, 0.1) is 5.92 Å². The molecule has 1 amide bonds. The molecule has 4 unspecified atom stereocenters. The SMILES string of the molecule is CCC(C)NC(=O)C(C)NC1CC1C. The van der Waals surface area contributed by atoms with Crippen molar-refractivity contribution in [2.45, 2.75) is 58.7 Å². The lowest BCUT2D eigenvalue weighted by molar-refractivity contribution is -0.123. The molecule has 1 fully saturated rings. The summed E-state index contributed by atoms with van der Waals surface area (Å²) in [6.07, 6.45) is 2.19. The van der Waals surface area contributed by atoms with Gasteiger partial charge in [0, 0.05) is 12.1 Å². The van der Waals surface area contributed by atoms with E-state index in [0.29, 0.717) is 6.04 Å². The zero-order valence-electron chi connectivity index (χ0n) is 9.63. The summed E-state index contributed by atoms with van der Waals surface area (Å²) in [6, 6.07) is 0.787. The van der Waals surface area contributed by atoms with Crippen molar-refractivity contribution in [3.8, 4) is 0 Å². The molecule has 2 N–H and O–H groups in total. The fourth-order valence-corrected chi connectivity index (χ4v) is 1.42. The molecule has 1 rings (SSSR count). The number of carbonyl (C=O) groups is 1. The van der Waals surface area contributed by atoms with Crippen LogP contribution in [0.4, 0.5) is 0 Å². The highest BCUT2D eigenvalue weighted by molar-refractivity contribution is 5.81. The van der Waals surface area contributed by atoms with Gasteiger partial charge in [0.1, 0.15) is 0 Å². The standard InChI is InChI=1S/C11H22N2O/c1-5-8(3)12-11(14)9(4)13-10-6-7(10)2/h7-10,13H,5-6H2,1-4H3,(H,12,14). The normalized spacial score (nSPS) is 29.4. The van der Waals surface area contributed by atoms with Crippen LogP contribution in [0.1, 0.15) is 40.5 Å². The zero-order chi connectivity index (χ0) is 10.7. The largest absolute Gasteiger partial charge is 0.352 e. The highest BCUT2D eigenvalue weighted by Crippen LogP contribution is 2.29. The first-order chi connectivity index (χ1) is 6.54. The second-order valence-corrected chi connectivity index (χ2v) is 4.53. The Kier molecular flexibility index (Phi) is 3.93. The van der Waals surface area contributed by atoms with E-state index in [9.17, 15) is 4.79 Å². The Morgan fingerprint density at radius 1 is 1.50 bits per heavy atom. The van der Waals surface area contributed by atoms with Crippen molar-refractivity contribution in [3.63, 3.8) is 0 Å². The van der Waals surface area contributed by atoms with Crippen LogP contribution in [0.3, 0.4) is 0 Å². The molecular formula is C11H22N2O. The van der Waals surface area contributed by atoms with Gasteiger partial charge >= 0.3 is 0 Å². The molecule has 0 aromatic carbocycles. The fourth-order valence-electron chi connectivity index (χ4n) is 1.42. The number of hydrogen-bond donors (Lipinski definition) is 2. The zero-order valence-corrected chi connectivity index (χ0v) is 9.63. The van der Waals surface area contributed by atoms with E-state index in [1.807, 2.05) is 13.8 Å². The average molecular weight is 198 g/mol. The molecule has 0 aromatic rings. The smallest absolute Gasteiger partial charge is 0.237 e. The van der Waals surface area contributed by atoms with Crippen LogP contribution in [0.2, 0.25) is 0 Å². The summed E-state index contributed by atoms with van der Waals surface area (Å²) in [5.74, 6) is 0.868. The highest BCUT2D eigenvalue weighted by atomic mass is 16.2. The van der Waals surface area contributed by atoms with Gasteiger partial charge in [-0.1, -0.05) is 13.8 Å². The van der Waals surface area contributed by atoms with Crippen molar-refractivity contribution >= 4 is 5.91 Å². The molecule has 0 radical (unpaired) electrons. The molecule has 0 aliphatic heterocycles. The molecule has 0 aromatic heterocycles. The molecule has 3 nitrogen and oxygen atoms in total. The van der Waals surface area contributed by atoms with Gasteiger partial charge in [0.15, 0.2) is 0 Å². The van der Waals surface area contributed by atoms with Crippen molar-refractivity contribution < 1.29 is 4.79 Å². The van der Waals surface area contributed by atoms with Gasteiger partial charge in [-0.05, 0) is 32.6 Å². The van der Waals surface area contributed by atoms with Gasteiger partial charge in [-0.3, -0.25) is 4.79 Å². The molecule has 4 atom stereocenters. The second-order valence-electron chi connectivity index (χ2n) is 4.53. The third kappa shape index (κ3) is 3.29. The van der Waals surface area contributed by atoms with Crippen LogP contribution in [-0.2, 0) is 4.79 Å². The Morgan fingerprint density at radius 2 is 2.07 bits per heavy atom. The van der Waals surface area contributed by atoms with Crippen molar-refractivity contribution in [3.05, 3.63) is 0 Å². The van der Waals surface area contributed by atoms with Crippen LogP contribution in [0.5, 0.6) is 0 Å². The first-order valence-electron chi connectivity index (χ1n) is 5.61. The van der Waals surface area contributed by atoms with Gasteiger partial charge in [0.05, 0.1) is 6.04 Å². The van der Waals surface area contributed by atoms with Gasteiger partial charge in [0.2, 0.25) is 5.91 Å². The van der Waals surface area contributed by atoms with Crippen LogP contribution in [0.15, 0.2) is 0 Å². The quantitative estimate of drug-likeness (QED) is 0.699. The Morgan fingerprint density at radius 3 is 2.50 bits per heavy atom. The third-order valence-corrected chi connectivity index (χ3v) is 2.97. The second kappa shape index (κ2) is 4.78. The van der Waals surface area contributed by atoms with E-state index in [1.165, 1.54) is 6.42 Å². The predicted molar refractivity (Wildman–Crippen MR) is 58.1 cm³/mol. The molecule has 1 saturated carbocycles. The van der Waals surface area contributed by atoms with E-state index >= 15 is 0 Å². The minimum absolute atomic E-state index is 0.0565. The minimum atomic E-state index is -0.0565. The average Bonchev–Trinajstić information content (AvgIpc) is 2.81. The van der Waals surface area contributed by atoms with Gasteiger partial charge in [0.25, 0.3) is 0 Å². The van der Waals surface area contributed by atoms with E-state index in [0.717, 1.165) is 12.3 Å². The number of hydrogen-bond acceptors (Lipinski definition) is 2. The lowest BCUT2D eigenvalue weighted by Gasteiger charge is -2.17. The number of amides is 1. The molecule has 1 aliphatic rings. The molecule has 0 bridgehead atoms. The van der Waals surface area contributed by atoms with Gasteiger partial charge in [-0.2, -0.15) is 0 Å². The topological polar surface area (TPSA) is 41.1 Å². The number of rotatable bonds is 5. The molecule has 0 saturated heterocycles. The van der Waals surface area contributed by atoms with Crippen LogP contribution < -0.4 is 10.6 Å². The van der Waals surface area contributed by atoms with Crippen molar-refractivity contribution in [1.29, 1.82) is 0 Å². The monoisotopic (exact) mass is 198 g/mol. The first kappa shape index (κ1) is 11.5. The van der Waals surface area contributed by atoms with Crippen LogP contribution in [-0.4, -0.2) is 24.0 Å². The molecular weight excluding hydrogens is 176 g/mol. The van der Waals surface area contributed by atoms with Crippen molar-refractivity contribution in [1.82, 2.24) is 10.6 Å². The summed E-state index contributed by atoms with van der Waals surface area (Å²) in [5, 5.41) is 6.30. The first-order valence-corrected chi connectivity index (χ1v) is 5.61. The Balaban J connectivity index is 2.22. The van der Waals surface area contributed by atoms with Crippen LogP contribution >= 0.6 is 0 Å². The van der Waals surface area contributed by atoms with Crippen molar-refractivity contribution in [2.75, 3.05) is 0 Å². The lowest BCUT2D eigenvalue weighted by Crippen LogP contribution is -2.46. The summed E-state index contributed by atoms with van der Waals surface area (Å²) in [5.41, 5.74) is 0. The molecule has 0 spiro atoms. The molecule has 3 heteroatoms. The molecule has 0 heterocycles. The summed E-state index contributed by atoms with van der Waals surface area (Å²) < 4.78 is 0. The van der Waals surface area contributed by atoms with Crippen molar-refractivity contribution in [2.24, 2.45) is 5.92 Å². The lowest BCUT2D eigenvalue weighted by atomic mass is 10.2. The Labute approximate surface area is 86.6 Å². The van der Waals surface area contributed by atoms with E-state index in [4.69, 9.17) is 0 Å². The maximum absolute atomic E-state index is 11.6. The van der Waals surface area contributed by atoms with E-state index in [2.05, 4.69) is 24.5 Å². The summed E-state index contributed by atoms with van der Waals surface area (Å²) in [7, 11) is 0.